The predicted octanol–water partition coefficient (Wildman–Crippen LogP) is 5.44. The minimum atomic E-state index is -0.582. The monoisotopic (exact) mass is 377 g/mol. The zero-order chi connectivity index (χ0) is 17.8. The number of aliphatic hydroxyl groups is 1. The highest BCUT2D eigenvalue weighted by molar-refractivity contribution is 6.30. The number of aliphatic hydroxyl groups excluding tert-OH is 1. The molecule has 0 amide bonds. The highest BCUT2D eigenvalue weighted by Gasteiger charge is 2.19. The molecule has 1 aromatic heterocycles. The number of hydrogen-bond donors (Lipinski definition) is 1. The van der Waals surface area contributed by atoms with Crippen molar-refractivity contribution in [2.75, 3.05) is 6.61 Å². The topological polar surface area (TPSA) is 42.4 Å². The standard InChI is InChI=1S/C19H14Cl2FNO2/c20-12-1-4-14(5-2-12)25-15-6-8-19(23-10-15)17(11-24)16-7-3-13(21)9-18(16)22/h1-10,17,24H,11H2. The number of hydrogen-bond acceptors (Lipinski definition) is 3. The van der Waals surface area contributed by atoms with Crippen LogP contribution in [0.4, 0.5) is 4.39 Å². The number of nitrogens with zero attached hydrogens (tertiary/aromatic N) is 1. The highest BCUT2D eigenvalue weighted by atomic mass is 35.5. The van der Waals surface area contributed by atoms with E-state index in [0.717, 1.165) is 0 Å². The van der Waals surface area contributed by atoms with Crippen LogP contribution in [0.2, 0.25) is 10.0 Å². The van der Waals surface area contributed by atoms with Gasteiger partial charge in [-0.1, -0.05) is 29.3 Å². The summed E-state index contributed by atoms with van der Waals surface area (Å²) in [5.74, 6) is 0.0948. The first-order valence-corrected chi connectivity index (χ1v) is 8.27. The molecule has 0 bridgehead atoms. The van der Waals surface area contributed by atoms with Gasteiger partial charge in [-0.3, -0.25) is 4.98 Å². The number of pyridine rings is 1. The minimum Gasteiger partial charge on any atom is -0.456 e. The molecule has 0 aliphatic heterocycles. The van der Waals surface area contributed by atoms with E-state index in [9.17, 15) is 9.50 Å². The Morgan fingerprint density at radius 3 is 2.24 bits per heavy atom. The van der Waals surface area contributed by atoms with Gasteiger partial charge in [0.25, 0.3) is 0 Å². The zero-order valence-corrected chi connectivity index (χ0v) is 14.5. The van der Waals surface area contributed by atoms with Gasteiger partial charge in [0.15, 0.2) is 0 Å². The Bertz CT molecular complexity index is 854. The zero-order valence-electron chi connectivity index (χ0n) is 13.0. The molecule has 0 aliphatic rings. The van der Waals surface area contributed by atoms with Gasteiger partial charge in [0.2, 0.25) is 0 Å². The van der Waals surface area contributed by atoms with Gasteiger partial charge in [0.05, 0.1) is 24.4 Å². The summed E-state index contributed by atoms with van der Waals surface area (Å²) in [6.07, 6.45) is 1.53. The molecule has 0 spiro atoms. The van der Waals surface area contributed by atoms with Crippen molar-refractivity contribution in [3.8, 4) is 11.5 Å². The molecule has 0 saturated heterocycles. The molecule has 128 valence electrons. The maximum atomic E-state index is 14.1. The van der Waals surface area contributed by atoms with Crippen LogP contribution in [-0.4, -0.2) is 16.7 Å². The molecule has 1 unspecified atom stereocenters. The Morgan fingerprint density at radius 2 is 1.64 bits per heavy atom. The Morgan fingerprint density at radius 1 is 0.960 bits per heavy atom. The number of ether oxygens (including phenoxy) is 1. The molecule has 0 aliphatic carbocycles. The summed E-state index contributed by atoms with van der Waals surface area (Å²) < 4.78 is 19.8. The largest absolute Gasteiger partial charge is 0.456 e. The lowest BCUT2D eigenvalue weighted by atomic mass is 9.95. The molecule has 0 fully saturated rings. The molecule has 3 aromatic rings. The molecule has 0 saturated carbocycles. The summed E-state index contributed by atoms with van der Waals surface area (Å²) >= 11 is 11.6. The lowest BCUT2D eigenvalue weighted by Gasteiger charge is -2.15. The first-order valence-electron chi connectivity index (χ1n) is 7.52. The van der Waals surface area contributed by atoms with E-state index in [-0.39, 0.29) is 6.61 Å². The third kappa shape index (κ3) is 4.28. The normalized spacial score (nSPS) is 12.0. The number of rotatable bonds is 5. The SMILES string of the molecule is OCC(c1ccc(Oc2ccc(Cl)cc2)cn1)c1ccc(Cl)cc1F. The molecule has 25 heavy (non-hydrogen) atoms. The van der Waals surface area contributed by atoms with E-state index in [1.807, 2.05) is 0 Å². The Kier molecular flexibility index (Phi) is 5.53. The van der Waals surface area contributed by atoms with Gasteiger partial charge in [-0.2, -0.15) is 0 Å². The van der Waals surface area contributed by atoms with Crippen molar-refractivity contribution in [3.05, 3.63) is 87.9 Å². The number of aromatic nitrogens is 1. The molecule has 0 radical (unpaired) electrons. The van der Waals surface area contributed by atoms with Gasteiger partial charge < -0.3 is 9.84 Å². The second-order valence-electron chi connectivity index (χ2n) is 5.38. The van der Waals surface area contributed by atoms with Crippen LogP contribution >= 0.6 is 23.2 Å². The van der Waals surface area contributed by atoms with E-state index in [0.29, 0.717) is 32.8 Å². The van der Waals surface area contributed by atoms with Gasteiger partial charge >= 0.3 is 0 Å². The van der Waals surface area contributed by atoms with Crippen LogP contribution in [-0.2, 0) is 0 Å². The van der Waals surface area contributed by atoms with Gasteiger partial charge in [0.1, 0.15) is 17.3 Å². The second-order valence-corrected chi connectivity index (χ2v) is 6.25. The third-order valence-corrected chi connectivity index (χ3v) is 4.17. The maximum absolute atomic E-state index is 14.1. The highest BCUT2D eigenvalue weighted by Crippen LogP contribution is 2.29. The second kappa shape index (κ2) is 7.83. The van der Waals surface area contributed by atoms with Crippen LogP contribution < -0.4 is 4.74 Å². The molecular formula is C19H14Cl2FNO2. The molecule has 3 rings (SSSR count). The van der Waals surface area contributed by atoms with Crippen molar-refractivity contribution < 1.29 is 14.2 Å². The van der Waals surface area contributed by atoms with Crippen molar-refractivity contribution in [2.24, 2.45) is 0 Å². The van der Waals surface area contributed by atoms with Crippen molar-refractivity contribution in [1.82, 2.24) is 4.98 Å². The minimum absolute atomic E-state index is 0.275. The van der Waals surface area contributed by atoms with Gasteiger partial charge in [0, 0.05) is 10.0 Å². The summed E-state index contributed by atoms with van der Waals surface area (Å²) in [5.41, 5.74) is 0.873. The summed E-state index contributed by atoms with van der Waals surface area (Å²) in [4.78, 5) is 4.29. The Labute approximate surface area is 154 Å². The van der Waals surface area contributed by atoms with Gasteiger partial charge in [-0.15, -0.1) is 0 Å². The van der Waals surface area contributed by atoms with Crippen LogP contribution in [0.25, 0.3) is 0 Å². The molecule has 1 N–H and O–H groups in total. The predicted molar refractivity (Wildman–Crippen MR) is 96.1 cm³/mol. The van der Waals surface area contributed by atoms with Gasteiger partial charge in [-0.25, -0.2) is 4.39 Å². The summed E-state index contributed by atoms with van der Waals surface area (Å²) in [6, 6.07) is 14.7. The molecule has 1 heterocycles. The number of benzene rings is 2. The van der Waals surface area contributed by atoms with E-state index >= 15 is 0 Å². The fourth-order valence-corrected chi connectivity index (χ4v) is 2.72. The van der Waals surface area contributed by atoms with Crippen molar-refractivity contribution in [3.63, 3.8) is 0 Å². The molecule has 3 nitrogen and oxygen atoms in total. The summed E-state index contributed by atoms with van der Waals surface area (Å²) in [7, 11) is 0. The number of halogens is 3. The summed E-state index contributed by atoms with van der Waals surface area (Å²) in [5, 5.41) is 10.6. The van der Waals surface area contributed by atoms with E-state index in [1.54, 1.807) is 48.5 Å². The molecule has 2 aromatic carbocycles. The molecule has 6 heteroatoms. The summed E-state index contributed by atoms with van der Waals surface area (Å²) in [6.45, 7) is -0.275. The van der Waals surface area contributed by atoms with E-state index in [4.69, 9.17) is 27.9 Å². The Balaban J connectivity index is 1.81. The average molecular weight is 378 g/mol. The van der Waals surface area contributed by atoms with E-state index in [2.05, 4.69) is 4.98 Å². The van der Waals surface area contributed by atoms with E-state index < -0.39 is 11.7 Å². The maximum Gasteiger partial charge on any atom is 0.145 e. The fourth-order valence-electron chi connectivity index (χ4n) is 2.43. The van der Waals surface area contributed by atoms with Crippen molar-refractivity contribution >= 4 is 23.2 Å². The lowest BCUT2D eigenvalue weighted by Crippen LogP contribution is -2.10. The van der Waals surface area contributed by atoms with Crippen molar-refractivity contribution in [1.29, 1.82) is 0 Å². The average Bonchev–Trinajstić information content (AvgIpc) is 2.61. The first-order chi connectivity index (χ1) is 12.1. The fraction of sp³-hybridized carbons (Fsp3) is 0.105. The quantitative estimate of drug-likeness (QED) is 0.643. The van der Waals surface area contributed by atoms with Gasteiger partial charge in [-0.05, 0) is 54.1 Å². The lowest BCUT2D eigenvalue weighted by molar-refractivity contribution is 0.276. The van der Waals surface area contributed by atoms with Crippen molar-refractivity contribution in [2.45, 2.75) is 5.92 Å². The third-order valence-electron chi connectivity index (χ3n) is 3.69. The van der Waals surface area contributed by atoms with Crippen LogP contribution in [0.15, 0.2) is 60.8 Å². The van der Waals surface area contributed by atoms with Crippen LogP contribution in [0, 0.1) is 5.82 Å². The smallest absolute Gasteiger partial charge is 0.145 e. The molecule has 1 atom stereocenters. The molecular weight excluding hydrogens is 364 g/mol. The first kappa shape index (κ1) is 17.7. The van der Waals surface area contributed by atoms with Crippen LogP contribution in [0.5, 0.6) is 11.5 Å². The van der Waals surface area contributed by atoms with E-state index in [1.165, 1.54) is 12.3 Å². The van der Waals surface area contributed by atoms with Crippen LogP contribution in [0.1, 0.15) is 17.2 Å². The van der Waals surface area contributed by atoms with Crippen LogP contribution in [0.3, 0.4) is 0 Å². The Hall–Kier alpha value is -2.14.